The van der Waals surface area contributed by atoms with Gasteiger partial charge in [-0.2, -0.15) is 0 Å². The number of ether oxygens (including phenoxy) is 1. The summed E-state index contributed by atoms with van der Waals surface area (Å²) >= 11 is 6.64. The van der Waals surface area contributed by atoms with Crippen LogP contribution in [0.15, 0.2) is 39.5 Å². The molecule has 2 rings (SSSR count). The van der Waals surface area contributed by atoms with Gasteiger partial charge in [0, 0.05) is 32.6 Å². The number of benzene rings is 1. The number of carbonyl (C=O) groups is 1. The van der Waals surface area contributed by atoms with Gasteiger partial charge in [0.05, 0.1) is 5.56 Å². The number of hydrogen-bond acceptors (Lipinski definition) is 4. The smallest absolute Gasteiger partial charge is 0.338 e. The van der Waals surface area contributed by atoms with Crippen molar-refractivity contribution in [1.82, 2.24) is 4.98 Å². The van der Waals surface area contributed by atoms with Crippen LogP contribution in [0.5, 0.6) is 0 Å². The Labute approximate surface area is 133 Å². The molecule has 0 aliphatic rings. The standard InChI is InChI=1S/C14H12Br2N2O2/c1-8-12(3-10(15)4-13(8)17)14(19)20-7-9-2-11(16)6-18-5-9/h2-6H,7,17H2,1H3. The highest BCUT2D eigenvalue weighted by Crippen LogP contribution is 2.23. The molecule has 0 amide bonds. The zero-order chi connectivity index (χ0) is 14.7. The Balaban J connectivity index is 2.13. The Bertz CT molecular complexity index is 660. The van der Waals surface area contributed by atoms with Gasteiger partial charge in [0.15, 0.2) is 0 Å². The SMILES string of the molecule is Cc1c(N)cc(Br)cc1C(=O)OCc1cncc(Br)c1. The molecule has 6 heteroatoms. The number of anilines is 1. The van der Waals surface area contributed by atoms with E-state index in [1.54, 1.807) is 31.5 Å². The molecule has 1 heterocycles. The van der Waals surface area contributed by atoms with Crippen LogP contribution >= 0.6 is 31.9 Å². The van der Waals surface area contributed by atoms with Crippen molar-refractivity contribution < 1.29 is 9.53 Å². The lowest BCUT2D eigenvalue weighted by Crippen LogP contribution is -2.09. The molecule has 2 aromatic rings. The second-order valence-electron chi connectivity index (χ2n) is 4.26. The third kappa shape index (κ3) is 3.58. The molecular formula is C14H12Br2N2O2. The van der Waals surface area contributed by atoms with Crippen LogP contribution in [-0.4, -0.2) is 11.0 Å². The Morgan fingerprint density at radius 2 is 2.00 bits per heavy atom. The minimum absolute atomic E-state index is 0.164. The zero-order valence-corrected chi connectivity index (χ0v) is 13.9. The summed E-state index contributed by atoms with van der Waals surface area (Å²) in [7, 11) is 0. The molecule has 0 spiro atoms. The first-order chi connectivity index (χ1) is 9.47. The number of rotatable bonds is 3. The molecule has 0 saturated heterocycles. The molecule has 0 fully saturated rings. The van der Waals surface area contributed by atoms with E-state index in [-0.39, 0.29) is 6.61 Å². The summed E-state index contributed by atoms with van der Waals surface area (Å²) in [5.41, 5.74) is 8.37. The topological polar surface area (TPSA) is 65.2 Å². The summed E-state index contributed by atoms with van der Waals surface area (Å²) < 4.78 is 6.87. The Kier molecular flexibility index (Phi) is 4.77. The molecule has 1 aromatic carbocycles. The molecule has 20 heavy (non-hydrogen) atoms. The number of hydrogen-bond donors (Lipinski definition) is 1. The minimum Gasteiger partial charge on any atom is -0.457 e. The van der Waals surface area contributed by atoms with Crippen LogP contribution in [-0.2, 0) is 11.3 Å². The van der Waals surface area contributed by atoms with Gasteiger partial charge in [-0.1, -0.05) is 15.9 Å². The summed E-state index contributed by atoms with van der Waals surface area (Å²) in [6.45, 7) is 1.95. The van der Waals surface area contributed by atoms with Crippen LogP contribution in [0.4, 0.5) is 5.69 Å². The van der Waals surface area contributed by atoms with E-state index in [2.05, 4.69) is 36.8 Å². The van der Waals surface area contributed by atoms with Gasteiger partial charge in [0.1, 0.15) is 6.61 Å². The Morgan fingerprint density at radius 1 is 1.25 bits per heavy atom. The van der Waals surface area contributed by atoms with Gasteiger partial charge in [0.25, 0.3) is 0 Å². The Hall–Kier alpha value is -1.40. The van der Waals surface area contributed by atoms with E-state index < -0.39 is 5.97 Å². The lowest BCUT2D eigenvalue weighted by molar-refractivity contribution is 0.0471. The van der Waals surface area contributed by atoms with Crippen molar-refractivity contribution in [2.45, 2.75) is 13.5 Å². The number of carbonyl (C=O) groups excluding carboxylic acids is 1. The molecule has 1 aromatic heterocycles. The molecule has 4 nitrogen and oxygen atoms in total. The first-order valence-corrected chi connectivity index (χ1v) is 7.38. The predicted octanol–water partition coefficient (Wildman–Crippen LogP) is 3.85. The summed E-state index contributed by atoms with van der Waals surface area (Å²) in [5, 5.41) is 0. The number of halogens is 2. The first kappa shape index (κ1) is 15.0. The molecule has 0 saturated carbocycles. The number of aromatic nitrogens is 1. The van der Waals surface area contributed by atoms with E-state index in [0.717, 1.165) is 14.5 Å². The van der Waals surface area contributed by atoms with Gasteiger partial charge in [-0.3, -0.25) is 4.98 Å². The second-order valence-corrected chi connectivity index (χ2v) is 6.09. The van der Waals surface area contributed by atoms with E-state index in [1.165, 1.54) is 0 Å². The van der Waals surface area contributed by atoms with Gasteiger partial charge in [0.2, 0.25) is 0 Å². The van der Waals surface area contributed by atoms with Crippen LogP contribution in [0.25, 0.3) is 0 Å². The van der Waals surface area contributed by atoms with Gasteiger partial charge in [-0.15, -0.1) is 0 Å². The molecule has 0 atom stereocenters. The molecule has 0 unspecified atom stereocenters. The molecule has 104 valence electrons. The maximum Gasteiger partial charge on any atom is 0.338 e. The van der Waals surface area contributed by atoms with Crippen LogP contribution < -0.4 is 5.73 Å². The number of nitrogen functional groups attached to an aromatic ring is 1. The molecule has 2 N–H and O–H groups in total. The van der Waals surface area contributed by atoms with Crippen LogP contribution in [0.1, 0.15) is 21.5 Å². The van der Waals surface area contributed by atoms with Crippen LogP contribution in [0.3, 0.4) is 0 Å². The largest absolute Gasteiger partial charge is 0.457 e. The fourth-order valence-electron chi connectivity index (χ4n) is 1.67. The van der Waals surface area contributed by atoms with E-state index in [4.69, 9.17) is 10.5 Å². The van der Waals surface area contributed by atoms with E-state index in [1.807, 2.05) is 6.07 Å². The molecular weight excluding hydrogens is 388 g/mol. The highest BCUT2D eigenvalue weighted by molar-refractivity contribution is 9.10. The second kappa shape index (κ2) is 6.37. The lowest BCUT2D eigenvalue weighted by Gasteiger charge is -2.10. The fraction of sp³-hybridized carbons (Fsp3) is 0.143. The van der Waals surface area contributed by atoms with Crippen LogP contribution in [0.2, 0.25) is 0 Å². The number of nitrogens with two attached hydrogens (primary N) is 1. The fourth-order valence-corrected chi connectivity index (χ4v) is 2.56. The van der Waals surface area contributed by atoms with Gasteiger partial charge < -0.3 is 10.5 Å². The molecule has 0 aliphatic heterocycles. The Morgan fingerprint density at radius 3 is 2.70 bits per heavy atom. The van der Waals surface area contributed by atoms with E-state index in [0.29, 0.717) is 16.8 Å². The molecule has 0 aliphatic carbocycles. The number of nitrogens with zero attached hydrogens (tertiary/aromatic N) is 1. The molecule has 0 radical (unpaired) electrons. The lowest BCUT2D eigenvalue weighted by atomic mass is 10.1. The van der Waals surface area contributed by atoms with Crippen molar-refractivity contribution in [2.75, 3.05) is 5.73 Å². The summed E-state index contributed by atoms with van der Waals surface area (Å²) in [6, 6.07) is 5.31. The van der Waals surface area contributed by atoms with Crippen molar-refractivity contribution >= 4 is 43.5 Å². The highest BCUT2D eigenvalue weighted by Gasteiger charge is 2.14. The quantitative estimate of drug-likeness (QED) is 0.628. The third-order valence-electron chi connectivity index (χ3n) is 2.76. The maximum atomic E-state index is 12.1. The van der Waals surface area contributed by atoms with E-state index >= 15 is 0 Å². The molecule has 0 bridgehead atoms. The van der Waals surface area contributed by atoms with Gasteiger partial charge in [-0.25, -0.2) is 4.79 Å². The van der Waals surface area contributed by atoms with Crippen molar-refractivity contribution in [1.29, 1.82) is 0 Å². The van der Waals surface area contributed by atoms with Crippen LogP contribution in [0, 0.1) is 6.92 Å². The average molecular weight is 400 g/mol. The number of esters is 1. The summed E-state index contributed by atoms with van der Waals surface area (Å²) in [5.74, 6) is -0.407. The summed E-state index contributed by atoms with van der Waals surface area (Å²) in [6.07, 6.45) is 3.32. The normalized spacial score (nSPS) is 10.3. The minimum atomic E-state index is -0.407. The van der Waals surface area contributed by atoms with Crippen molar-refractivity contribution in [3.8, 4) is 0 Å². The number of pyridine rings is 1. The zero-order valence-electron chi connectivity index (χ0n) is 10.7. The van der Waals surface area contributed by atoms with Crippen molar-refractivity contribution in [3.63, 3.8) is 0 Å². The van der Waals surface area contributed by atoms with Gasteiger partial charge in [-0.05, 0) is 46.6 Å². The first-order valence-electron chi connectivity index (χ1n) is 5.79. The third-order valence-corrected chi connectivity index (χ3v) is 3.66. The van der Waals surface area contributed by atoms with Crippen molar-refractivity contribution in [2.24, 2.45) is 0 Å². The van der Waals surface area contributed by atoms with Gasteiger partial charge >= 0.3 is 5.97 Å². The maximum absolute atomic E-state index is 12.1. The van der Waals surface area contributed by atoms with Crippen molar-refractivity contribution in [3.05, 3.63) is 56.2 Å². The monoisotopic (exact) mass is 398 g/mol. The van der Waals surface area contributed by atoms with E-state index in [9.17, 15) is 4.79 Å². The predicted molar refractivity (Wildman–Crippen MR) is 84.3 cm³/mol. The average Bonchev–Trinajstić information content (AvgIpc) is 2.40. The summed E-state index contributed by atoms with van der Waals surface area (Å²) in [4.78, 5) is 16.1. The highest BCUT2D eigenvalue weighted by atomic mass is 79.9.